The Kier molecular flexibility index (Phi) is 4.42. The van der Waals surface area contributed by atoms with Crippen LogP contribution in [0.3, 0.4) is 0 Å². The van der Waals surface area contributed by atoms with E-state index in [-0.39, 0.29) is 12.1 Å². The third-order valence-corrected chi connectivity index (χ3v) is 2.89. The van der Waals surface area contributed by atoms with Crippen molar-refractivity contribution in [2.45, 2.75) is 13.1 Å². The normalized spacial score (nSPS) is 10.3. The highest BCUT2D eigenvalue weighted by molar-refractivity contribution is 5.94. The number of hydrogen-bond donors (Lipinski definition) is 2. The Morgan fingerprint density at radius 2 is 1.70 bits per heavy atom. The first-order valence-corrected chi connectivity index (χ1v) is 6.11. The predicted octanol–water partition coefficient (Wildman–Crippen LogP) is 2.35. The lowest BCUT2D eigenvalue weighted by Gasteiger charge is -2.07. The summed E-state index contributed by atoms with van der Waals surface area (Å²) in [5.74, 6) is -2.16. The standard InChI is InChI=1S/C15H14F2N2O/c16-12-5-6-13(14(17)7-12)15(20)19-9-11-3-1-10(8-18)2-4-11/h1-7H,8-9,18H2,(H,19,20). The van der Waals surface area contributed by atoms with Crippen molar-refractivity contribution in [2.24, 2.45) is 5.73 Å². The Labute approximate surface area is 115 Å². The Hall–Kier alpha value is -2.27. The van der Waals surface area contributed by atoms with Crippen molar-refractivity contribution in [3.8, 4) is 0 Å². The van der Waals surface area contributed by atoms with Crippen LogP contribution in [-0.4, -0.2) is 5.91 Å². The summed E-state index contributed by atoms with van der Waals surface area (Å²) in [6.07, 6.45) is 0. The fourth-order valence-corrected chi connectivity index (χ4v) is 1.74. The molecule has 0 heterocycles. The molecule has 3 nitrogen and oxygen atoms in total. The van der Waals surface area contributed by atoms with Gasteiger partial charge in [-0.3, -0.25) is 4.79 Å². The molecule has 0 saturated carbocycles. The third kappa shape index (κ3) is 3.39. The SMILES string of the molecule is NCc1ccc(CNC(=O)c2ccc(F)cc2F)cc1. The summed E-state index contributed by atoms with van der Waals surface area (Å²) in [5.41, 5.74) is 7.17. The molecule has 0 saturated heterocycles. The van der Waals surface area contributed by atoms with Gasteiger partial charge in [-0.25, -0.2) is 8.78 Å². The van der Waals surface area contributed by atoms with Gasteiger partial charge in [0, 0.05) is 19.2 Å². The summed E-state index contributed by atoms with van der Waals surface area (Å²) in [6.45, 7) is 0.716. The summed E-state index contributed by atoms with van der Waals surface area (Å²) >= 11 is 0. The van der Waals surface area contributed by atoms with E-state index in [9.17, 15) is 13.6 Å². The summed E-state index contributed by atoms with van der Waals surface area (Å²) in [4.78, 5) is 11.8. The number of carbonyl (C=O) groups is 1. The second-order valence-corrected chi connectivity index (χ2v) is 4.33. The van der Waals surface area contributed by atoms with Gasteiger partial charge in [-0.05, 0) is 23.3 Å². The molecule has 0 fully saturated rings. The molecule has 0 radical (unpaired) electrons. The summed E-state index contributed by atoms with van der Waals surface area (Å²) in [6, 6.07) is 10.3. The summed E-state index contributed by atoms with van der Waals surface area (Å²) in [5, 5.41) is 2.58. The van der Waals surface area contributed by atoms with Crippen LogP contribution in [0, 0.1) is 11.6 Å². The zero-order valence-corrected chi connectivity index (χ0v) is 10.7. The fraction of sp³-hybridized carbons (Fsp3) is 0.133. The minimum Gasteiger partial charge on any atom is -0.348 e. The quantitative estimate of drug-likeness (QED) is 0.900. The lowest BCUT2D eigenvalue weighted by molar-refractivity contribution is 0.0947. The molecular weight excluding hydrogens is 262 g/mol. The van der Waals surface area contributed by atoms with Gasteiger partial charge in [-0.2, -0.15) is 0 Å². The van der Waals surface area contributed by atoms with E-state index >= 15 is 0 Å². The molecule has 2 aromatic carbocycles. The molecule has 2 rings (SSSR count). The molecule has 0 aliphatic rings. The maximum atomic E-state index is 13.4. The van der Waals surface area contributed by atoms with Crippen LogP contribution in [0.4, 0.5) is 8.78 Å². The van der Waals surface area contributed by atoms with Gasteiger partial charge in [0.25, 0.3) is 5.91 Å². The van der Waals surface area contributed by atoms with Gasteiger partial charge in [0.2, 0.25) is 0 Å². The van der Waals surface area contributed by atoms with Crippen LogP contribution < -0.4 is 11.1 Å². The molecule has 104 valence electrons. The molecule has 5 heteroatoms. The molecule has 1 amide bonds. The van der Waals surface area contributed by atoms with E-state index in [0.29, 0.717) is 12.6 Å². The molecule has 20 heavy (non-hydrogen) atoms. The number of nitrogens with two attached hydrogens (primary N) is 1. The number of nitrogens with one attached hydrogen (secondary N) is 1. The van der Waals surface area contributed by atoms with Crippen molar-refractivity contribution < 1.29 is 13.6 Å². The molecule has 0 aromatic heterocycles. The summed E-state index contributed by atoms with van der Waals surface area (Å²) in [7, 11) is 0. The Morgan fingerprint density at radius 1 is 1.05 bits per heavy atom. The number of halogens is 2. The second-order valence-electron chi connectivity index (χ2n) is 4.33. The van der Waals surface area contributed by atoms with E-state index in [1.807, 2.05) is 24.3 Å². The smallest absolute Gasteiger partial charge is 0.254 e. The van der Waals surface area contributed by atoms with Gasteiger partial charge in [-0.1, -0.05) is 24.3 Å². The Balaban J connectivity index is 2.00. The average molecular weight is 276 g/mol. The van der Waals surface area contributed by atoms with E-state index in [1.165, 1.54) is 0 Å². The minimum atomic E-state index is -0.874. The molecule has 2 aromatic rings. The van der Waals surface area contributed by atoms with E-state index in [2.05, 4.69) is 5.32 Å². The first kappa shape index (κ1) is 14.1. The van der Waals surface area contributed by atoms with Gasteiger partial charge < -0.3 is 11.1 Å². The van der Waals surface area contributed by atoms with E-state index in [1.54, 1.807) is 0 Å². The Bertz CT molecular complexity index is 612. The zero-order chi connectivity index (χ0) is 14.5. The number of amides is 1. The third-order valence-electron chi connectivity index (χ3n) is 2.89. The van der Waals surface area contributed by atoms with Crippen molar-refractivity contribution in [2.75, 3.05) is 0 Å². The molecule has 0 atom stereocenters. The highest BCUT2D eigenvalue weighted by Crippen LogP contribution is 2.10. The van der Waals surface area contributed by atoms with Crippen LogP contribution in [0.15, 0.2) is 42.5 Å². The lowest BCUT2D eigenvalue weighted by atomic mass is 10.1. The topological polar surface area (TPSA) is 55.1 Å². The first-order valence-electron chi connectivity index (χ1n) is 6.11. The van der Waals surface area contributed by atoms with Crippen LogP contribution in [-0.2, 0) is 13.1 Å². The van der Waals surface area contributed by atoms with Crippen LogP contribution in [0.5, 0.6) is 0 Å². The van der Waals surface area contributed by atoms with Crippen LogP contribution in [0.2, 0.25) is 0 Å². The van der Waals surface area contributed by atoms with Gasteiger partial charge in [-0.15, -0.1) is 0 Å². The van der Waals surface area contributed by atoms with Crippen LogP contribution >= 0.6 is 0 Å². The number of benzene rings is 2. The highest BCUT2D eigenvalue weighted by atomic mass is 19.1. The molecule has 0 bridgehead atoms. The highest BCUT2D eigenvalue weighted by Gasteiger charge is 2.11. The number of carbonyl (C=O) groups excluding carboxylic acids is 1. The number of hydrogen-bond acceptors (Lipinski definition) is 2. The van der Waals surface area contributed by atoms with Gasteiger partial charge in [0.05, 0.1) is 5.56 Å². The molecule has 0 aliphatic heterocycles. The monoisotopic (exact) mass is 276 g/mol. The number of rotatable bonds is 4. The molecule has 0 spiro atoms. The maximum absolute atomic E-state index is 13.4. The minimum absolute atomic E-state index is 0.176. The molecule has 0 unspecified atom stereocenters. The first-order chi connectivity index (χ1) is 9.60. The maximum Gasteiger partial charge on any atom is 0.254 e. The summed E-state index contributed by atoms with van der Waals surface area (Å²) < 4.78 is 26.2. The van der Waals surface area contributed by atoms with Crippen molar-refractivity contribution in [1.29, 1.82) is 0 Å². The average Bonchev–Trinajstić information content (AvgIpc) is 2.45. The van der Waals surface area contributed by atoms with E-state index in [0.717, 1.165) is 23.3 Å². The van der Waals surface area contributed by atoms with Crippen molar-refractivity contribution >= 4 is 5.91 Å². The van der Waals surface area contributed by atoms with Crippen molar-refractivity contribution in [1.82, 2.24) is 5.32 Å². The fourth-order valence-electron chi connectivity index (χ4n) is 1.74. The molecule has 3 N–H and O–H groups in total. The second kappa shape index (κ2) is 6.25. The largest absolute Gasteiger partial charge is 0.348 e. The predicted molar refractivity (Wildman–Crippen MR) is 71.9 cm³/mol. The molecular formula is C15H14F2N2O. The van der Waals surface area contributed by atoms with Gasteiger partial charge >= 0.3 is 0 Å². The lowest BCUT2D eigenvalue weighted by Crippen LogP contribution is -2.23. The van der Waals surface area contributed by atoms with Crippen molar-refractivity contribution in [3.63, 3.8) is 0 Å². The van der Waals surface area contributed by atoms with Gasteiger partial charge in [0.1, 0.15) is 11.6 Å². The van der Waals surface area contributed by atoms with E-state index < -0.39 is 17.5 Å². The molecule has 0 aliphatic carbocycles. The Morgan fingerprint density at radius 3 is 2.30 bits per heavy atom. The van der Waals surface area contributed by atoms with Gasteiger partial charge in [0.15, 0.2) is 0 Å². The van der Waals surface area contributed by atoms with Crippen LogP contribution in [0.1, 0.15) is 21.5 Å². The zero-order valence-electron chi connectivity index (χ0n) is 10.7. The van der Waals surface area contributed by atoms with Crippen LogP contribution in [0.25, 0.3) is 0 Å². The van der Waals surface area contributed by atoms with Crippen molar-refractivity contribution in [3.05, 3.63) is 70.8 Å². The van der Waals surface area contributed by atoms with E-state index in [4.69, 9.17) is 5.73 Å².